The quantitative estimate of drug-likeness (QED) is 0.588. The van der Waals surface area contributed by atoms with Crippen molar-refractivity contribution in [2.24, 2.45) is 0 Å². The molecule has 0 heterocycles. The van der Waals surface area contributed by atoms with Gasteiger partial charge < -0.3 is 14.4 Å². The number of benzene rings is 1. The highest BCUT2D eigenvalue weighted by molar-refractivity contribution is 6.32. The third kappa shape index (κ3) is 3.48. The first-order chi connectivity index (χ1) is 8.60. The van der Waals surface area contributed by atoms with Crippen LogP contribution in [0.5, 0.6) is 5.75 Å². The van der Waals surface area contributed by atoms with Gasteiger partial charge in [-0.05, 0) is 18.1 Å². The minimum Gasteiger partial charge on any atom is -0.496 e. The van der Waals surface area contributed by atoms with Gasteiger partial charge in [0.1, 0.15) is 5.75 Å². The lowest BCUT2D eigenvalue weighted by Gasteiger charge is -2.16. The number of carbonyl (C=O) groups is 2. The Morgan fingerprint density at radius 1 is 1.22 bits per heavy atom. The number of hydrogen-bond donors (Lipinski definition) is 0. The summed E-state index contributed by atoms with van der Waals surface area (Å²) in [6, 6.07) is 7.57. The number of rotatable bonds is 4. The molecule has 0 aliphatic rings. The van der Waals surface area contributed by atoms with Crippen LogP contribution in [0, 0.1) is 0 Å². The van der Waals surface area contributed by atoms with Gasteiger partial charge in [-0.3, -0.25) is 4.79 Å². The van der Waals surface area contributed by atoms with Crippen LogP contribution in [0.1, 0.15) is 5.56 Å². The molecular formula is C13H17NO4. The van der Waals surface area contributed by atoms with Gasteiger partial charge in [0.2, 0.25) is 0 Å². The van der Waals surface area contributed by atoms with E-state index in [9.17, 15) is 9.59 Å². The largest absolute Gasteiger partial charge is 0.496 e. The average Bonchev–Trinajstić information content (AvgIpc) is 2.43. The van der Waals surface area contributed by atoms with Crippen LogP contribution in [0.2, 0.25) is 0 Å². The highest BCUT2D eigenvalue weighted by Crippen LogP contribution is 2.17. The number of nitrogens with zero attached hydrogens (tertiary/aromatic N) is 1. The Hall–Kier alpha value is -2.04. The molecule has 0 spiro atoms. The third-order valence-corrected chi connectivity index (χ3v) is 2.62. The maximum atomic E-state index is 11.5. The highest BCUT2D eigenvalue weighted by atomic mass is 16.5. The standard InChI is InChI=1S/C13H17NO4/c1-14(12(15)13(16)18-3)9-8-10-6-4-5-7-11(10)17-2/h4-7H,8-9H2,1-3H3. The van der Waals surface area contributed by atoms with E-state index in [-0.39, 0.29) is 0 Å². The summed E-state index contributed by atoms with van der Waals surface area (Å²) >= 11 is 0. The second kappa shape index (κ2) is 6.64. The summed E-state index contributed by atoms with van der Waals surface area (Å²) in [5, 5.41) is 0. The van der Waals surface area contributed by atoms with Gasteiger partial charge in [-0.25, -0.2) is 4.79 Å². The Morgan fingerprint density at radius 3 is 2.50 bits per heavy atom. The van der Waals surface area contributed by atoms with Gasteiger partial charge in [-0.2, -0.15) is 0 Å². The smallest absolute Gasteiger partial charge is 0.396 e. The Morgan fingerprint density at radius 2 is 1.89 bits per heavy atom. The number of methoxy groups -OCH3 is 2. The summed E-state index contributed by atoms with van der Waals surface area (Å²) in [4.78, 5) is 23.9. The van der Waals surface area contributed by atoms with Gasteiger partial charge in [-0.15, -0.1) is 0 Å². The molecule has 1 aromatic rings. The van der Waals surface area contributed by atoms with Gasteiger partial charge in [-0.1, -0.05) is 18.2 Å². The molecular weight excluding hydrogens is 234 g/mol. The molecule has 0 atom stereocenters. The van der Waals surface area contributed by atoms with Crippen molar-refractivity contribution in [1.82, 2.24) is 4.90 Å². The zero-order valence-electron chi connectivity index (χ0n) is 10.8. The lowest BCUT2D eigenvalue weighted by Crippen LogP contribution is -2.35. The van der Waals surface area contributed by atoms with Crippen LogP contribution >= 0.6 is 0 Å². The molecule has 0 aromatic heterocycles. The highest BCUT2D eigenvalue weighted by Gasteiger charge is 2.18. The summed E-state index contributed by atoms with van der Waals surface area (Å²) in [7, 11) is 4.35. The van der Waals surface area contributed by atoms with Crippen molar-refractivity contribution < 1.29 is 19.1 Å². The Labute approximate surface area is 106 Å². The fourth-order valence-corrected chi connectivity index (χ4v) is 1.54. The first kappa shape index (κ1) is 14.0. The maximum Gasteiger partial charge on any atom is 0.396 e. The molecule has 0 aliphatic carbocycles. The minimum atomic E-state index is -0.850. The lowest BCUT2D eigenvalue weighted by atomic mass is 10.1. The second-order valence-corrected chi connectivity index (χ2v) is 3.78. The Bertz CT molecular complexity index is 431. The Balaban J connectivity index is 2.59. The van der Waals surface area contributed by atoms with Crippen molar-refractivity contribution in [3.05, 3.63) is 29.8 Å². The Kier molecular flexibility index (Phi) is 5.17. The minimum absolute atomic E-state index is 0.425. The molecule has 0 N–H and O–H groups in total. The van der Waals surface area contributed by atoms with E-state index in [1.165, 1.54) is 12.0 Å². The van der Waals surface area contributed by atoms with E-state index in [1.54, 1.807) is 14.2 Å². The molecule has 1 aromatic carbocycles. The van der Waals surface area contributed by atoms with E-state index < -0.39 is 11.9 Å². The van der Waals surface area contributed by atoms with E-state index in [2.05, 4.69) is 4.74 Å². The van der Waals surface area contributed by atoms with Gasteiger partial charge >= 0.3 is 11.9 Å². The summed E-state index contributed by atoms with van der Waals surface area (Å²) in [6.45, 7) is 0.425. The van der Waals surface area contributed by atoms with Crippen LogP contribution < -0.4 is 4.74 Å². The molecule has 18 heavy (non-hydrogen) atoms. The van der Waals surface area contributed by atoms with Crippen molar-refractivity contribution in [2.75, 3.05) is 27.8 Å². The maximum absolute atomic E-state index is 11.5. The van der Waals surface area contributed by atoms with Gasteiger partial charge in [0.15, 0.2) is 0 Å². The molecule has 0 unspecified atom stereocenters. The number of para-hydroxylation sites is 1. The molecule has 98 valence electrons. The second-order valence-electron chi connectivity index (χ2n) is 3.78. The topological polar surface area (TPSA) is 55.8 Å². The molecule has 0 fully saturated rings. The molecule has 5 heteroatoms. The van der Waals surface area contributed by atoms with Crippen molar-refractivity contribution in [1.29, 1.82) is 0 Å². The van der Waals surface area contributed by atoms with E-state index >= 15 is 0 Å². The average molecular weight is 251 g/mol. The van der Waals surface area contributed by atoms with Crippen molar-refractivity contribution >= 4 is 11.9 Å². The molecule has 0 radical (unpaired) electrons. The zero-order valence-corrected chi connectivity index (χ0v) is 10.8. The van der Waals surface area contributed by atoms with Crippen LogP contribution in [0.25, 0.3) is 0 Å². The SMILES string of the molecule is COC(=O)C(=O)N(C)CCc1ccccc1OC. The molecule has 0 saturated heterocycles. The third-order valence-electron chi connectivity index (χ3n) is 2.62. The molecule has 1 amide bonds. The predicted octanol–water partition coefficient (Wildman–Crippen LogP) is 0.869. The molecule has 1 rings (SSSR count). The monoisotopic (exact) mass is 251 g/mol. The summed E-state index contributed by atoms with van der Waals surface area (Å²) in [5.74, 6) is -0.721. The van der Waals surface area contributed by atoms with E-state index in [4.69, 9.17) is 4.74 Å². The normalized spacial score (nSPS) is 9.72. The summed E-state index contributed by atoms with van der Waals surface area (Å²) < 4.78 is 9.59. The molecule has 0 aliphatic heterocycles. The summed E-state index contributed by atoms with van der Waals surface area (Å²) in [6.07, 6.45) is 0.614. The lowest BCUT2D eigenvalue weighted by molar-refractivity contribution is -0.157. The number of ether oxygens (including phenoxy) is 2. The number of hydrogen-bond acceptors (Lipinski definition) is 4. The van der Waals surface area contributed by atoms with Crippen LogP contribution in [0.4, 0.5) is 0 Å². The zero-order chi connectivity index (χ0) is 13.5. The van der Waals surface area contributed by atoms with Crippen LogP contribution in [-0.2, 0) is 20.7 Å². The first-order valence-electron chi connectivity index (χ1n) is 5.55. The molecule has 5 nitrogen and oxygen atoms in total. The number of amides is 1. The van der Waals surface area contributed by atoms with Crippen molar-refractivity contribution in [3.8, 4) is 5.75 Å². The van der Waals surface area contributed by atoms with E-state index in [1.807, 2.05) is 24.3 Å². The first-order valence-corrected chi connectivity index (χ1v) is 5.55. The number of esters is 1. The van der Waals surface area contributed by atoms with Crippen LogP contribution in [-0.4, -0.2) is 44.6 Å². The fraction of sp³-hybridized carbons (Fsp3) is 0.385. The van der Waals surface area contributed by atoms with Crippen molar-refractivity contribution in [2.45, 2.75) is 6.42 Å². The van der Waals surface area contributed by atoms with Gasteiger partial charge in [0, 0.05) is 13.6 Å². The van der Waals surface area contributed by atoms with E-state index in [0.717, 1.165) is 11.3 Å². The predicted molar refractivity (Wildman–Crippen MR) is 66.4 cm³/mol. The van der Waals surface area contributed by atoms with Crippen molar-refractivity contribution in [3.63, 3.8) is 0 Å². The fourth-order valence-electron chi connectivity index (χ4n) is 1.54. The van der Waals surface area contributed by atoms with Gasteiger partial charge in [0.25, 0.3) is 0 Å². The summed E-state index contributed by atoms with van der Waals surface area (Å²) in [5.41, 5.74) is 0.990. The van der Waals surface area contributed by atoms with Crippen LogP contribution in [0.15, 0.2) is 24.3 Å². The molecule has 0 saturated carbocycles. The molecule has 0 bridgehead atoms. The van der Waals surface area contributed by atoms with Crippen LogP contribution in [0.3, 0.4) is 0 Å². The number of carbonyl (C=O) groups excluding carboxylic acids is 2. The number of likely N-dealkylation sites (N-methyl/N-ethyl adjacent to an activating group) is 1. The van der Waals surface area contributed by atoms with Gasteiger partial charge in [0.05, 0.1) is 14.2 Å². The van der Waals surface area contributed by atoms with E-state index in [0.29, 0.717) is 13.0 Å².